The summed E-state index contributed by atoms with van der Waals surface area (Å²) in [7, 11) is 0. The summed E-state index contributed by atoms with van der Waals surface area (Å²) in [5.74, 6) is 0.632. The average molecular weight is 393 g/mol. The van der Waals surface area contributed by atoms with Crippen LogP contribution in [0.5, 0.6) is 0 Å². The van der Waals surface area contributed by atoms with Crippen LogP contribution in [0, 0.1) is 9.49 Å². The van der Waals surface area contributed by atoms with Gasteiger partial charge in [0.15, 0.2) is 0 Å². The van der Waals surface area contributed by atoms with Crippen LogP contribution in [0.15, 0.2) is 18.2 Å². The number of piperidine rings is 1. The smallest absolute Gasteiger partial charge is 0.253 e. The maximum Gasteiger partial charge on any atom is 0.253 e. The number of halogens is 2. The third kappa shape index (κ3) is 3.61. The summed E-state index contributed by atoms with van der Waals surface area (Å²) in [4.78, 5) is 14.3. The summed E-state index contributed by atoms with van der Waals surface area (Å²) in [6.45, 7) is 3.64. The third-order valence-corrected chi connectivity index (χ3v) is 5.28. The summed E-state index contributed by atoms with van der Waals surface area (Å²) >= 11 is 8.13. The number of rotatable bonds is 2. The Labute approximate surface area is 132 Å². The van der Waals surface area contributed by atoms with Gasteiger partial charge in [-0.3, -0.25) is 4.79 Å². The van der Waals surface area contributed by atoms with Crippen LogP contribution < -0.4 is 5.73 Å². The molecule has 1 aliphatic rings. The zero-order chi connectivity index (χ0) is 14.0. The first-order valence-corrected chi connectivity index (χ1v) is 7.94. The average Bonchev–Trinajstić information content (AvgIpc) is 2.41. The number of nitrogens with two attached hydrogens (primary N) is 1. The number of amides is 1. The van der Waals surface area contributed by atoms with Crippen LogP contribution in [-0.2, 0) is 0 Å². The monoisotopic (exact) mass is 392 g/mol. The van der Waals surface area contributed by atoms with Gasteiger partial charge in [-0.2, -0.15) is 0 Å². The van der Waals surface area contributed by atoms with Crippen LogP contribution in [0.1, 0.15) is 30.1 Å². The largest absolute Gasteiger partial charge is 0.339 e. The molecule has 1 fully saturated rings. The van der Waals surface area contributed by atoms with Gasteiger partial charge in [-0.05, 0) is 66.5 Å². The lowest BCUT2D eigenvalue weighted by Gasteiger charge is -2.33. The molecule has 1 aliphatic heterocycles. The Balaban J connectivity index is 2.03. The van der Waals surface area contributed by atoms with Crippen LogP contribution >= 0.6 is 34.2 Å². The highest BCUT2D eigenvalue weighted by molar-refractivity contribution is 14.1. The molecule has 0 saturated carbocycles. The molecule has 2 rings (SSSR count). The van der Waals surface area contributed by atoms with Crippen LogP contribution in [0.4, 0.5) is 0 Å². The second-order valence-electron chi connectivity index (χ2n) is 5.12. The Hall–Kier alpha value is -0.330. The highest BCUT2D eigenvalue weighted by atomic mass is 127. The minimum atomic E-state index is 0.0951. The van der Waals surface area contributed by atoms with Gasteiger partial charge in [-0.25, -0.2) is 0 Å². The first kappa shape index (κ1) is 15.1. The number of nitrogens with zero attached hydrogens (tertiary/aromatic N) is 1. The van der Waals surface area contributed by atoms with Crippen LogP contribution in [0.3, 0.4) is 0 Å². The van der Waals surface area contributed by atoms with Gasteiger partial charge >= 0.3 is 0 Å². The summed E-state index contributed by atoms with van der Waals surface area (Å²) in [6, 6.07) is 5.65. The zero-order valence-electron chi connectivity index (χ0n) is 10.9. The molecule has 1 atom stereocenters. The molecular formula is C14H18ClIN2O. The lowest BCUT2D eigenvalue weighted by Crippen LogP contribution is -2.42. The number of carbonyl (C=O) groups is 1. The summed E-state index contributed by atoms with van der Waals surface area (Å²) in [5, 5.41) is 0.688. The third-order valence-electron chi connectivity index (χ3n) is 3.74. The van der Waals surface area contributed by atoms with Gasteiger partial charge in [0, 0.05) is 28.3 Å². The van der Waals surface area contributed by atoms with Crippen LogP contribution in [0.2, 0.25) is 5.02 Å². The first-order chi connectivity index (χ1) is 8.99. The number of benzene rings is 1. The fraction of sp³-hybridized carbons (Fsp3) is 0.500. The molecule has 1 aromatic carbocycles. The van der Waals surface area contributed by atoms with E-state index in [-0.39, 0.29) is 11.9 Å². The first-order valence-electron chi connectivity index (χ1n) is 6.49. The van der Waals surface area contributed by atoms with E-state index in [1.807, 2.05) is 17.9 Å². The second-order valence-corrected chi connectivity index (χ2v) is 6.69. The van der Waals surface area contributed by atoms with Crippen molar-refractivity contribution in [2.75, 3.05) is 13.1 Å². The van der Waals surface area contributed by atoms with E-state index in [9.17, 15) is 4.79 Å². The predicted molar refractivity (Wildman–Crippen MR) is 86.4 cm³/mol. The molecule has 0 radical (unpaired) electrons. The second kappa shape index (κ2) is 6.41. The van der Waals surface area contributed by atoms with E-state index in [0.717, 1.165) is 29.5 Å². The Kier molecular flexibility index (Phi) is 5.09. The predicted octanol–water partition coefficient (Wildman–Crippen LogP) is 3.14. The van der Waals surface area contributed by atoms with Crippen molar-refractivity contribution >= 4 is 40.1 Å². The van der Waals surface area contributed by atoms with Gasteiger partial charge in [0.2, 0.25) is 0 Å². The van der Waals surface area contributed by atoms with Gasteiger partial charge in [0.25, 0.3) is 5.91 Å². The molecule has 1 heterocycles. The number of hydrogen-bond donors (Lipinski definition) is 1. The van der Waals surface area contributed by atoms with E-state index in [2.05, 4.69) is 22.6 Å². The lowest BCUT2D eigenvalue weighted by molar-refractivity contribution is 0.0681. The normalized spacial score (nSPS) is 18.4. The Morgan fingerprint density at radius 2 is 2.11 bits per heavy atom. The van der Waals surface area contributed by atoms with Crippen molar-refractivity contribution in [3.8, 4) is 0 Å². The molecule has 3 nitrogen and oxygen atoms in total. The highest BCUT2D eigenvalue weighted by Crippen LogP contribution is 2.23. The Morgan fingerprint density at radius 3 is 2.63 bits per heavy atom. The molecule has 1 aromatic rings. The van der Waals surface area contributed by atoms with Crippen molar-refractivity contribution in [1.82, 2.24) is 4.90 Å². The number of likely N-dealkylation sites (tertiary alicyclic amines) is 1. The molecular weight excluding hydrogens is 375 g/mol. The van der Waals surface area contributed by atoms with E-state index in [1.54, 1.807) is 12.1 Å². The molecule has 1 unspecified atom stereocenters. The Morgan fingerprint density at radius 1 is 1.47 bits per heavy atom. The molecule has 19 heavy (non-hydrogen) atoms. The molecule has 104 valence electrons. The highest BCUT2D eigenvalue weighted by Gasteiger charge is 2.25. The minimum Gasteiger partial charge on any atom is -0.339 e. The topological polar surface area (TPSA) is 46.3 Å². The van der Waals surface area contributed by atoms with Crippen molar-refractivity contribution < 1.29 is 4.79 Å². The summed E-state index contributed by atoms with van der Waals surface area (Å²) in [5.41, 5.74) is 6.63. The van der Waals surface area contributed by atoms with E-state index in [1.165, 1.54) is 0 Å². The number of hydrogen-bond acceptors (Lipinski definition) is 2. The number of carbonyl (C=O) groups excluding carboxylic acids is 1. The van der Waals surface area contributed by atoms with Gasteiger partial charge < -0.3 is 10.6 Å². The van der Waals surface area contributed by atoms with E-state index in [4.69, 9.17) is 17.3 Å². The summed E-state index contributed by atoms with van der Waals surface area (Å²) in [6.07, 6.45) is 1.99. The van der Waals surface area contributed by atoms with Gasteiger partial charge in [0.1, 0.15) is 0 Å². The SMILES string of the molecule is CC(N)C1CCN(C(=O)c2ccc(Cl)c(I)c2)CC1. The van der Waals surface area contributed by atoms with E-state index < -0.39 is 0 Å². The lowest BCUT2D eigenvalue weighted by atomic mass is 9.90. The maximum atomic E-state index is 12.4. The molecule has 0 bridgehead atoms. The van der Waals surface area contributed by atoms with Crippen molar-refractivity contribution in [3.63, 3.8) is 0 Å². The molecule has 5 heteroatoms. The summed E-state index contributed by atoms with van der Waals surface area (Å²) < 4.78 is 0.913. The molecule has 2 N–H and O–H groups in total. The maximum absolute atomic E-state index is 12.4. The van der Waals surface area contributed by atoms with Crippen molar-refractivity contribution in [2.24, 2.45) is 11.7 Å². The molecule has 0 aliphatic carbocycles. The zero-order valence-corrected chi connectivity index (χ0v) is 13.8. The van der Waals surface area contributed by atoms with Gasteiger partial charge in [0.05, 0.1) is 5.02 Å². The fourth-order valence-corrected chi connectivity index (χ4v) is 3.07. The van der Waals surface area contributed by atoms with Crippen molar-refractivity contribution in [3.05, 3.63) is 32.4 Å². The standard InChI is InChI=1S/C14H18ClIN2O/c1-9(17)10-4-6-18(7-5-10)14(19)11-2-3-12(15)13(16)8-11/h2-3,8-10H,4-7,17H2,1H3. The van der Waals surface area contributed by atoms with Gasteiger partial charge in [-0.15, -0.1) is 0 Å². The fourth-order valence-electron chi connectivity index (χ4n) is 2.44. The van der Waals surface area contributed by atoms with Crippen LogP contribution in [-0.4, -0.2) is 29.9 Å². The van der Waals surface area contributed by atoms with Crippen LogP contribution in [0.25, 0.3) is 0 Å². The molecule has 0 spiro atoms. The molecule has 0 aromatic heterocycles. The Bertz CT molecular complexity index is 471. The van der Waals surface area contributed by atoms with Gasteiger partial charge in [-0.1, -0.05) is 11.6 Å². The molecule has 1 amide bonds. The van der Waals surface area contributed by atoms with E-state index >= 15 is 0 Å². The molecule has 1 saturated heterocycles. The van der Waals surface area contributed by atoms with E-state index in [0.29, 0.717) is 16.5 Å². The minimum absolute atomic E-state index is 0.0951. The van der Waals surface area contributed by atoms with Crippen molar-refractivity contribution in [2.45, 2.75) is 25.8 Å². The van der Waals surface area contributed by atoms with Crippen molar-refractivity contribution in [1.29, 1.82) is 0 Å². The quantitative estimate of drug-likeness (QED) is 0.786.